The van der Waals surface area contributed by atoms with Crippen molar-refractivity contribution in [2.75, 3.05) is 0 Å². The van der Waals surface area contributed by atoms with Gasteiger partial charge in [0.2, 0.25) is 0 Å². The smallest absolute Gasteiger partial charge is 1.00 e. The molecule has 0 amide bonds. The molecule has 0 spiro atoms. The predicted octanol–water partition coefficient (Wildman–Crippen LogP) is -12.4. The number of halogens is 3. The number of rotatable bonds is 0. The minimum Gasteiger partial charge on any atom is -1.00 e. The van der Waals surface area contributed by atoms with Crippen LogP contribution in [0.15, 0.2) is 0 Å². The topological polar surface area (TPSA) is 0 Å². The first-order valence-electron chi connectivity index (χ1n) is 0. The third kappa shape index (κ3) is 22.3. The van der Waals surface area contributed by atoms with Crippen LogP contribution in [-0.2, 0) is 0 Å². The third-order valence-electron chi connectivity index (χ3n) is 0. The van der Waals surface area contributed by atoms with Crippen LogP contribution in [0.1, 0.15) is 0 Å². The monoisotopic (exact) mass is 208 g/mol. The van der Waals surface area contributed by atoms with Crippen molar-refractivity contribution in [3.63, 3.8) is 0 Å². The third-order valence-corrected chi connectivity index (χ3v) is 0. The van der Waals surface area contributed by atoms with Gasteiger partial charge in [-0.15, -0.1) is 0 Å². The number of hydrogen-bond acceptors (Lipinski definition) is 0. The van der Waals surface area contributed by atoms with Crippen molar-refractivity contribution in [3.8, 4) is 0 Å². The minimum absolute atomic E-state index is 0. The Bertz CT molecular complexity index is 9.61. The van der Waals surface area contributed by atoms with Gasteiger partial charge < -0.3 is 38.7 Å². The molecule has 0 fully saturated rings. The van der Waals surface area contributed by atoms with Gasteiger partial charge in [0.25, 0.3) is 0 Å². The second kappa shape index (κ2) is 34.0. The summed E-state index contributed by atoms with van der Waals surface area (Å²) in [7, 11) is 0. The summed E-state index contributed by atoms with van der Waals surface area (Å²) in [6.07, 6.45) is 0. The standard InChI is InChI=1S/2BrH.FH.Li.Mg/h3*1H;;/q;;;+1;+2/p-3. The molecule has 0 aliphatic rings. The van der Waals surface area contributed by atoms with Gasteiger partial charge in [-0.3, -0.25) is 0 Å². The van der Waals surface area contributed by atoms with Gasteiger partial charge in [-0.05, 0) is 0 Å². The SMILES string of the molecule is [Br-].[Br-].[F-].[Li+].[Mg+2]. The summed E-state index contributed by atoms with van der Waals surface area (Å²) in [5.41, 5.74) is 0. The molecule has 0 aromatic heterocycles. The fraction of sp³-hybridized carbons (Fsp3) is 0. The average molecular weight is 210 g/mol. The van der Waals surface area contributed by atoms with Crippen LogP contribution in [0.5, 0.6) is 0 Å². The fourth-order valence-electron chi connectivity index (χ4n) is 0. The zero-order chi connectivity index (χ0) is 0. The van der Waals surface area contributed by atoms with Gasteiger partial charge in [0.05, 0.1) is 0 Å². The van der Waals surface area contributed by atoms with Crippen molar-refractivity contribution in [1.29, 1.82) is 0 Å². The molecule has 0 saturated carbocycles. The van der Waals surface area contributed by atoms with Gasteiger partial charge in [-0.25, -0.2) is 0 Å². The van der Waals surface area contributed by atoms with E-state index in [1.807, 2.05) is 0 Å². The zero-order valence-electron chi connectivity index (χ0n) is 2.84. The van der Waals surface area contributed by atoms with Crippen LogP contribution in [0.2, 0.25) is 0 Å². The molecule has 0 rings (SSSR count). The maximum absolute atomic E-state index is 0. The molecule has 0 aromatic rings. The van der Waals surface area contributed by atoms with Gasteiger partial charge in [0.1, 0.15) is 0 Å². The van der Waals surface area contributed by atoms with E-state index < -0.39 is 0 Å². The van der Waals surface area contributed by atoms with E-state index in [0.29, 0.717) is 0 Å². The molecule has 0 bridgehead atoms. The molecule has 0 aliphatic carbocycles. The first-order valence-corrected chi connectivity index (χ1v) is 0. The van der Waals surface area contributed by atoms with Crippen molar-refractivity contribution in [2.45, 2.75) is 0 Å². The quantitative estimate of drug-likeness (QED) is 0.348. The Labute approximate surface area is 79.7 Å². The molecule has 0 aromatic carbocycles. The van der Waals surface area contributed by atoms with Gasteiger partial charge in [-0.2, -0.15) is 0 Å². The van der Waals surface area contributed by atoms with Crippen LogP contribution in [0.25, 0.3) is 0 Å². The van der Waals surface area contributed by atoms with E-state index in [2.05, 4.69) is 0 Å². The first kappa shape index (κ1) is 55.9. The summed E-state index contributed by atoms with van der Waals surface area (Å²) in [5, 5.41) is 0. The second-order valence-electron chi connectivity index (χ2n) is 0. The molecule has 0 atom stereocenters. The Morgan fingerprint density at radius 3 is 0.800 bits per heavy atom. The van der Waals surface area contributed by atoms with Crippen molar-refractivity contribution < 1.29 is 57.5 Å². The summed E-state index contributed by atoms with van der Waals surface area (Å²) < 4.78 is 0. The van der Waals surface area contributed by atoms with Crippen LogP contribution in [-0.4, -0.2) is 23.1 Å². The van der Waals surface area contributed by atoms with Crippen molar-refractivity contribution >= 4 is 23.1 Å². The fourth-order valence-corrected chi connectivity index (χ4v) is 0. The van der Waals surface area contributed by atoms with Crippen LogP contribution in [0.4, 0.5) is 0 Å². The Morgan fingerprint density at radius 2 is 0.800 bits per heavy atom. The van der Waals surface area contributed by atoms with E-state index in [-0.39, 0.29) is 80.6 Å². The van der Waals surface area contributed by atoms with Gasteiger partial charge >= 0.3 is 41.9 Å². The van der Waals surface area contributed by atoms with Crippen molar-refractivity contribution in [3.05, 3.63) is 0 Å². The van der Waals surface area contributed by atoms with E-state index in [0.717, 1.165) is 0 Å². The summed E-state index contributed by atoms with van der Waals surface area (Å²) in [4.78, 5) is 0. The summed E-state index contributed by atoms with van der Waals surface area (Å²) in [5.74, 6) is 0. The van der Waals surface area contributed by atoms with Gasteiger partial charge in [0.15, 0.2) is 0 Å². The van der Waals surface area contributed by atoms with E-state index >= 15 is 0 Å². The zero-order valence-corrected chi connectivity index (χ0v) is 7.43. The molecule has 0 saturated heterocycles. The molecule has 0 nitrogen and oxygen atoms in total. The number of hydrogen-bond donors (Lipinski definition) is 0. The Kier molecular flexibility index (Phi) is 380. The van der Waals surface area contributed by atoms with Crippen LogP contribution < -0.4 is 57.5 Å². The molecule has 0 N–H and O–H groups in total. The summed E-state index contributed by atoms with van der Waals surface area (Å²) in [6, 6.07) is 0. The van der Waals surface area contributed by atoms with Crippen LogP contribution in [0, 0.1) is 0 Å². The van der Waals surface area contributed by atoms with Gasteiger partial charge in [-0.1, -0.05) is 0 Å². The normalized spacial score (nSPS) is 0. The van der Waals surface area contributed by atoms with E-state index in [4.69, 9.17) is 0 Å². The molecule has 5 heteroatoms. The average Bonchev–Trinajstić information content (AvgIpc) is 0. The maximum Gasteiger partial charge on any atom is 2.00 e. The second-order valence-corrected chi connectivity index (χ2v) is 0. The molecular formula is Br2FLiMg. The molecule has 0 heterocycles. The van der Waals surface area contributed by atoms with Crippen molar-refractivity contribution in [1.82, 2.24) is 0 Å². The minimum atomic E-state index is 0. The van der Waals surface area contributed by atoms with Gasteiger partial charge in [0, 0.05) is 0 Å². The van der Waals surface area contributed by atoms with Crippen LogP contribution in [0.3, 0.4) is 0 Å². The maximum atomic E-state index is 0. The molecule has 0 unspecified atom stereocenters. The van der Waals surface area contributed by atoms with Crippen LogP contribution >= 0.6 is 0 Å². The summed E-state index contributed by atoms with van der Waals surface area (Å²) >= 11 is 0. The van der Waals surface area contributed by atoms with E-state index in [9.17, 15) is 0 Å². The van der Waals surface area contributed by atoms with E-state index in [1.54, 1.807) is 0 Å². The van der Waals surface area contributed by atoms with E-state index in [1.165, 1.54) is 0 Å². The van der Waals surface area contributed by atoms with Crippen molar-refractivity contribution in [2.24, 2.45) is 0 Å². The summed E-state index contributed by atoms with van der Waals surface area (Å²) in [6.45, 7) is 0. The molecular weight excluding hydrogens is 210 g/mol. The molecule has 0 radical (unpaired) electrons. The first-order chi connectivity index (χ1) is 0. The molecule has 0 aliphatic heterocycles. The Hall–Kier alpha value is 2.25. The predicted molar refractivity (Wildman–Crippen MR) is 5.75 cm³/mol. The Balaban J connectivity index is 0. The largest absolute Gasteiger partial charge is 2.00 e. The Morgan fingerprint density at radius 1 is 0.800 bits per heavy atom. The molecule has 24 valence electrons. The molecule has 5 heavy (non-hydrogen) atoms.